The number of aromatic nitrogens is 3. The van der Waals surface area contributed by atoms with Crippen molar-refractivity contribution in [2.45, 2.75) is 32.1 Å². The summed E-state index contributed by atoms with van der Waals surface area (Å²) in [5, 5.41) is 7.20. The zero-order valence-corrected chi connectivity index (χ0v) is 15.1. The molecule has 1 aromatic carbocycles. The summed E-state index contributed by atoms with van der Waals surface area (Å²) in [6.07, 6.45) is 8.40. The highest BCUT2D eigenvalue weighted by molar-refractivity contribution is 5.94. The molecule has 1 aliphatic rings. The minimum Gasteiger partial charge on any atom is -0.352 e. The summed E-state index contributed by atoms with van der Waals surface area (Å²) in [6, 6.07) is 11.6. The number of aryl methyl sites for hydroxylation is 2. The Kier molecular flexibility index (Phi) is 4.87. The number of pyridine rings is 1. The van der Waals surface area contributed by atoms with Crippen LogP contribution in [-0.2, 0) is 19.3 Å². The Bertz CT molecular complexity index is 1000. The van der Waals surface area contributed by atoms with Gasteiger partial charge in [0.15, 0.2) is 0 Å². The maximum atomic E-state index is 12.4. The third kappa shape index (κ3) is 3.84. The lowest BCUT2D eigenvalue weighted by molar-refractivity contribution is 0.0952. The van der Waals surface area contributed by atoms with E-state index in [0.29, 0.717) is 13.0 Å². The van der Waals surface area contributed by atoms with Crippen molar-refractivity contribution in [3.63, 3.8) is 0 Å². The van der Waals surface area contributed by atoms with E-state index < -0.39 is 0 Å². The van der Waals surface area contributed by atoms with Crippen LogP contribution in [0.1, 0.15) is 40.0 Å². The molecule has 2 N–H and O–H groups in total. The zero-order valence-electron chi connectivity index (χ0n) is 15.1. The van der Waals surface area contributed by atoms with E-state index in [1.165, 1.54) is 0 Å². The van der Waals surface area contributed by atoms with Crippen LogP contribution >= 0.6 is 0 Å². The van der Waals surface area contributed by atoms with Crippen LogP contribution in [0.3, 0.4) is 0 Å². The van der Waals surface area contributed by atoms with E-state index in [1.54, 1.807) is 12.3 Å². The minimum atomic E-state index is -0.319. The molecule has 27 heavy (non-hydrogen) atoms. The third-order valence-electron chi connectivity index (χ3n) is 4.94. The maximum absolute atomic E-state index is 12.4. The average Bonchev–Trinajstić information content (AvgIpc) is 3.17. The quantitative estimate of drug-likeness (QED) is 0.731. The molecule has 2 heterocycles. The molecule has 0 unspecified atom stereocenters. The Balaban J connectivity index is 1.38. The summed E-state index contributed by atoms with van der Waals surface area (Å²) in [5.41, 5.74) is 4.00. The van der Waals surface area contributed by atoms with Gasteiger partial charge in [-0.25, -0.2) is 4.68 Å². The maximum Gasteiger partial charge on any atom is 0.261 e. The Labute approximate surface area is 157 Å². The molecule has 6 nitrogen and oxygen atoms in total. The summed E-state index contributed by atoms with van der Waals surface area (Å²) < 4.78 is 1.81. The van der Waals surface area contributed by atoms with Gasteiger partial charge in [0, 0.05) is 18.4 Å². The van der Waals surface area contributed by atoms with Crippen molar-refractivity contribution in [1.82, 2.24) is 20.1 Å². The molecule has 1 amide bonds. The number of para-hydroxylation sites is 1. The fraction of sp³-hybridized carbons (Fsp3) is 0.286. The van der Waals surface area contributed by atoms with Crippen LogP contribution in [0.4, 0.5) is 0 Å². The molecule has 0 bridgehead atoms. The number of benzene rings is 1. The number of hydrogen-bond donors (Lipinski definition) is 2. The van der Waals surface area contributed by atoms with Crippen LogP contribution in [0.15, 0.2) is 53.6 Å². The summed E-state index contributed by atoms with van der Waals surface area (Å²) in [4.78, 5) is 27.5. The molecule has 0 spiro atoms. The van der Waals surface area contributed by atoms with Gasteiger partial charge in [0.25, 0.3) is 11.5 Å². The number of hydrogen-bond acceptors (Lipinski definition) is 3. The number of aromatic amines is 1. The molecule has 2 aromatic heterocycles. The second-order valence-corrected chi connectivity index (χ2v) is 6.86. The fourth-order valence-corrected chi connectivity index (χ4v) is 3.47. The lowest BCUT2D eigenvalue weighted by Gasteiger charge is -2.15. The number of carbonyl (C=O) groups excluding carboxylic acids is 1. The van der Waals surface area contributed by atoms with E-state index in [9.17, 15) is 9.59 Å². The first kappa shape index (κ1) is 17.3. The molecule has 0 saturated heterocycles. The molecule has 0 atom stereocenters. The number of amides is 1. The highest BCUT2D eigenvalue weighted by Gasteiger charge is 2.16. The van der Waals surface area contributed by atoms with Gasteiger partial charge in [-0.3, -0.25) is 9.59 Å². The van der Waals surface area contributed by atoms with Crippen molar-refractivity contribution in [3.8, 4) is 5.69 Å². The number of nitrogens with zero attached hydrogens (tertiary/aromatic N) is 2. The van der Waals surface area contributed by atoms with Crippen molar-refractivity contribution >= 4 is 5.91 Å². The molecule has 4 rings (SSSR count). The van der Waals surface area contributed by atoms with Gasteiger partial charge in [-0.1, -0.05) is 18.2 Å². The van der Waals surface area contributed by atoms with Crippen molar-refractivity contribution < 1.29 is 4.79 Å². The zero-order chi connectivity index (χ0) is 18.6. The SMILES string of the molecule is O=C(NCCc1cnn(-c2ccccc2)c1)c1cc2c([nH]c1=O)CCCC2. The van der Waals surface area contributed by atoms with Gasteiger partial charge < -0.3 is 10.3 Å². The van der Waals surface area contributed by atoms with Gasteiger partial charge in [-0.05, 0) is 61.4 Å². The van der Waals surface area contributed by atoms with Crippen LogP contribution < -0.4 is 10.9 Å². The molecule has 0 aliphatic heterocycles. The number of fused-ring (bicyclic) bond motifs is 1. The van der Waals surface area contributed by atoms with E-state index in [0.717, 1.165) is 48.2 Å². The Morgan fingerprint density at radius 2 is 2.00 bits per heavy atom. The largest absolute Gasteiger partial charge is 0.352 e. The minimum absolute atomic E-state index is 0.204. The molecule has 0 saturated carbocycles. The van der Waals surface area contributed by atoms with Gasteiger partial charge >= 0.3 is 0 Å². The van der Waals surface area contributed by atoms with Crippen LogP contribution in [0, 0.1) is 0 Å². The van der Waals surface area contributed by atoms with Crippen molar-refractivity contribution in [1.29, 1.82) is 0 Å². The molecule has 0 radical (unpaired) electrons. The van der Waals surface area contributed by atoms with Crippen LogP contribution in [0.2, 0.25) is 0 Å². The van der Waals surface area contributed by atoms with Crippen LogP contribution in [-0.4, -0.2) is 27.2 Å². The molecular weight excluding hydrogens is 340 g/mol. The summed E-state index contributed by atoms with van der Waals surface area (Å²) in [5.74, 6) is -0.319. The molecule has 6 heteroatoms. The lowest BCUT2D eigenvalue weighted by atomic mass is 9.95. The second kappa shape index (κ2) is 7.61. The van der Waals surface area contributed by atoms with E-state index in [-0.39, 0.29) is 17.0 Å². The lowest BCUT2D eigenvalue weighted by Crippen LogP contribution is -2.32. The number of rotatable bonds is 5. The van der Waals surface area contributed by atoms with Crippen LogP contribution in [0.5, 0.6) is 0 Å². The highest BCUT2D eigenvalue weighted by atomic mass is 16.2. The Morgan fingerprint density at radius 1 is 1.19 bits per heavy atom. The van der Waals surface area contributed by atoms with Crippen molar-refractivity contribution in [2.75, 3.05) is 6.54 Å². The number of H-pyrrole nitrogens is 1. The van der Waals surface area contributed by atoms with Gasteiger partial charge in [0.1, 0.15) is 5.56 Å². The molecule has 1 aliphatic carbocycles. The first-order valence-corrected chi connectivity index (χ1v) is 9.33. The van der Waals surface area contributed by atoms with Gasteiger partial charge in [-0.15, -0.1) is 0 Å². The van der Waals surface area contributed by atoms with E-state index in [4.69, 9.17) is 0 Å². The monoisotopic (exact) mass is 362 g/mol. The molecular formula is C21H22N4O2. The van der Waals surface area contributed by atoms with E-state index in [1.807, 2.05) is 41.2 Å². The normalized spacial score (nSPS) is 13.2. The smallest absolute Gasteiger partial charge is 0.261 e. The summed E-state index contributed by atoms with van der Waals surface area (Å²) in [6.45, 7) is 0.454. The summed E-state index contributed by atoms with van der Waals surface area (Å²) >= 11 is 0. The standard InChI is InChI=1S/C21H22N4O2/c26-20(18-12-16-6-4-5-9-19(16)24-21(18)27)22-11-10-15-13-23-25(14-15)17-7-2-1-3-8-17/h1-3,7-8,12-14H,4-6,9-11H2,(H,22,26)(H,24,27). The highest BCUT2D eigenvalue weighted by Crippen LogP contribution is 2.18. The average molecular weight is 362 g/mol. The molecule has 3 aromatic rings. The number of nitrogens with one attached hydrogen (secondary N) is 2. The van der Waals surface area contributed by atoms with Crippen molar-refractivity contribution in [3.05, 3.63) is 81.5 Å². The topological polar surface area (TPSA) is 79.8 Å². The van der Waals surface area contributed by atoms with Gasteiger partial charge in [-0.2, -0.15) is 5.10 Å². The van der Waals surface area contributed by atoms with Crippen LogP contribution in [0.25, 0.3) is 5.69 Å². The van der Waals surface area contributed by atoms with Crippen molar-refractivity contribution in [2.24, 2.45) is 0 Å². The first-order chi connectivity index (χ1) is 13.2. The van der Waals surface area contributed by atoms with E-state index >= 15 is 0 Å². The first-order valence-electron chi connectivity index (χ1n) is 9.33. The molecule has 138 valence electrons. The molecule has 0 fully saturated rings. The third-order valence-corrected chi connectivity index (χ3v) is 4.94. The number of carbonyl (C=O) groups is 1. The summed E-state index contributed by atoms with van der Waals surface area (Å²) in [7, 11) is 0. The Hall–Kier alpha value is -3.15. The van der Waals surface area contributed by atoms with Gasteiger partial charge in [0.05, 0.1) is 11.9 Å². The predicted octanol–water partition coefficient (Wildman–Crippen LogP) is 2.41. The van der Waals surface area contributed by atoms with Gasteiger partial charge in [0.2, 0.25) is 0 Å². The Morgan fingerprint density at radius 3 is 2.85 bits per heavy atom. The van der Waals surface area contributed by atoms with E-state index in [2.05, 4.69) is 15.4 Å². The predicted molar refractivity (Wildman–Crippen MR) is 103 cm³/mol. The second-order valence-electron chi connectivity index (χ2n) is 6.86. The fourth-order valence-electron chi connectivity index (χ4n) is 3.47.